The Kier molecular flexibility index (Phi) is 11.6. The Morgan fingerprint density at radius 2 is 0.494 bits per heavy atom. The molecule has 3 nitrogen and oxygen atoms in total. The van der Waals surface area contributed by atoms with Gasteiger partial charge in [-0.2, -0.15) is 15.8 Å². The zero-order valence-corrected chi connectivity index (χ0v) is 45.7. The smallest absolute Gasteiger partial charge is 0.0998 e. The van der Waals surface area contributed by atoms with Crippen LogP contribution in [-0.4, -0.2) is 0 Å². The average Bonchev–Trinajstić information content (AvgIpc) is 4.27. The van der Waals surface area contributed by atoms with E-state index in [4.69, 9.17) is 0 Å². The molecule has 12 aromatic carbocycles. The number of nitriles is 3. The second kappa shape index (κ2) is 19.6. The zero-order valence-electron chi connectivity index (χ0n) is 43.2. The Morgan fingerprint density at radius 1 is 0.210 bits per heavy atom. The van der Waals surface area contributed by atoms with E-state index in [0.29, 0.717) is 16.7 Å². The third kappa shape index (κ3) is 8.19. The monoisotopic (exact) mass is 1080 g/mol. The number of hydrogen-bond donors (Lipinski definition) is 0. The summed E-state index contributed by atoms with van der Waals surface area (Å²) >= 11 is 5.36. The van der Waals surface area contributed by atoms with E-state index in [1.165, 1.54) is 60.5 Å². The van der Waals surface area contributed by atoms with Crippen LogP contribution < -0.4 is 0 Å². The topological polar surface area (TPSA) is 71.4 Å². The maximum atomic E-state index is 11.0. The number of fused-ring (bicyclic) bond motifs is 9. The van der Waals surface area contributed by atoms with Crippen molar-refractivity contribution in [2.45, 2.75) is 0 Å². The normalized spacial score (nSPS) is 11.4. The number of nitrogens with zero attached hydrogens (tertiary/aromatic N) is 3. The van der Waals surface area contributed by atoms with Crippen LogP contribution in [0.15, 0.2) is 249 Å². The van der Waals surface area contributed by atoms with Gasteiger partial charge in [0.1, 0.15) is 0 Å². The highest BCUT2D eigenvalue weighted by molar-refractivity contribution is 7.27. The molecule has 3 aromatic heterocycles. The number of thiophene rings is 3. The van der Waals surface area contributed by atoms with Gasteiger partial charge >= 0.3 is 0 Å². The molecular weight excluding hydrogens is 1040 g/mol. The van der Waals surface area contributed by atoms with Crippen LogP contribution in [0, 0.1) is 34.0 Å². The maximum absolute atomic E-state index is 11.0. The zero-order chi connectivity index (χ0) is 54.1. The predicted octanol–water partition coefficient (Wildman–Crippen LogP) is 21.7. The molecular formula is C75H41N3S3. The first kappa shape index (κ1) is 47.9. The number of benzene rings is 12. The van der Waals surface area contributed by atoms with Gasteiger partial charge in [-0.15, -0.1) is 34.0 Å². The lowest BCUT2D eigenvalue weighted by molar-refractivity contribution is 1.47. The molecule has 0 aliphatic carbocycles. The van der Waals surface area contributed by atoms with Crippen molar-refractivity contribution in [1.29, 1.82) is 15.8 Å². The van der Waals surface area contributed by atoms with Crippen molar-refractivity contribution < 1.29 is 0 Å². The summed E-state index contributed by atoms with van der Waals surface area (Å²) in [4.78, 5) is 0. The van der Waals surface area contributed by atoms with Crippen LogP contribution in [0.25, 0.3) is 150 Å². The Labute approximate surface area is 479 Å². The van der Waals surface area contributed by atoms with Crippen LogP contribution >= 0.6 is 34.0 Å². The minimum atomic E-state index is 0.575. The van der Waals surface area contributed by atoms with Crippen molar-refractivity contribution in [3.63, 3.8) is 0 Å². The Morgan fingerprint density at radius 3 is 0.864 bits per heavy atom. The molecule has 374 valence electrons. The van der Waals surface area contributed by atoms with Crippen molar-refractivity contribution in [2.75, 3.05) is 0 Å². The van der Waals surface area contributed by atoms with Crippen molar-refractivity contribution in [3.05, 3.63) is 265 Å². The van der Waals surface area contributed by atoms with Crippen molar-refractivity contribution in [2.24, 2.45) is 0 Å². The van der Waals surface area contributed by atoms with Crippen molar-refractivity contribution in [3.8, 4) is 107 Å². The molecule has 6 heteroatoms. The largest absolute Gasteiger partial charge is 0.192 e. The van der Waals surface area contributed by atoms with Crippen molar-refractivity contribution >= 4 is 94.5 Å². The molecule has 0 aliphatic heterocycles. The highest BCUT2D eigenvalue weighted by Gasteiger charge is 2.19. The molecule has 3 heterocycles. The van der Waals surface area contributed by atoms with Gasteiger partial charge in [0, 0.05) is 60.5 Å². The van der Waals surface area contributed by atoms with E-state index in [1.807, 2.05) is 18.2 Å². The molecule has 0 radical (unpaired) electrons. The van der Waals surface area contributed by atoms with Crippen LogP contribution in [0.5, 0.6) is 0 Å². The quantitative estimate of drug-likeness (QED) is 0.152. The molecule has 0 fully saturated rings. The summed E-state index contributed by atoms with van der Waals surface area (Å²) in [5.41, 5.74) is 17.2. The van der Waals surface area contributed by atoms with Gasteiger partial charge in [0.05, 0.1) is 34.9 Å². The fourth-order valence-electron chi connectivity index (χ4n) is 11.9. The second-order valence-corrected chi connectivity index (χ2v) is 23.6. The SMILES string of the molecule is N#Cc1cc(-c2cccc3c2sc2ccccc23)ccc1-c1cccc(-c2cc(-c3cccc(-c4ccc(-c5cccc6c5sc5ccccc56)cc4C#N)c3)cc(-c3ccc(-c4cccc5c4sc4ccccc45)cc3C#N)c2)c1. The van der Waals surface area contributed by atoms with E-state index in [9.17, 15) is 15.8 Å². The van der Waals surface area contributed by atoms with E-state index in [0.717, 1.165) is 89.0 Å². The molecule has 81 heavy (non-hydrogen) atoms. The fraction of sp³-hybridized carbons (Fsp3) is 0. The fourth-order valence-corrected chi connectivity index (χ4v) is 15.7. The minimum absolute atomic E-state index is 0.575. The molecule has 0 saturated heterocycles. The molecule has 0 saturated carbocycles. The summed E-state index contributed by atoms with van der Waals surface area (Å²) in [5, 5.41) is 40.0. The van der Waals surface area contributed by atoms with Gasteiger partial charge in [-0.25, -0.2) is 0 Å². The third-order valence-electron chi connectivity index (χ3n) is 15.8. The summed E-state index contributed by atoms with van der Waals surface area (Å²) in [6, 6.07) is 94.7. The highest BCUT2D eigenvalue weighted by Crippen LogP contribution is 2.46. The van der Waals surface area contributed by atoms with E-state index in [1.54, 1.807) is 34.0 Å². The van der Waals surface area contributed by atoms with E-state index < -0.39 is 0 Å². The molecule has 0 spiro atoms. The third-order valence-corrected chi connectivity index (χ3v) is 19.5. The van der Waals surface area contributed by atoms with Gasteiger partial charge in [0.25, 0.3) is 0 Å². The van der Waals surface area contributed by atoms with Crippen LogP contribution in [0.4, 0.5) is 0 Å². The second-order valence-electron chi connectivity index (χ2n) is 20.4. The predicted molar refractivity (Wildman–Crippen MR) is 343 cm³/mol. The number of rotatable bonds is 8. The van der Waals surface area contributed by atoms with Crippen molar-refractivity contribution in [1.82, 2.24) is 0 Å². The first-order chi connectivity index (χ1) is 40.0. The Balaban J connectivity index is 0.845. The average molecular weight is 1080 g/mol. The summed E-state index contributed by atoms with van der Waals surface area (Å²) in [7, 11) is 0. The molecule has 15 aromatic rings. The van der Waals surface area contributed by atoms with Gasteiger partial charge in [-0.1, -0.05) is 182 Å². The van der Waals surface area contributed by atoms with Crippen LogP contribution in [0.2, 0.25) is 0 Å². The standard InChI is InChI=1S/C75H41N3S3/c76-42-55-36-49(61-19-9-22-67-64-16-1-4-25-70(64)79-73(61)67)28-31-58(55)47-14-7-12-45(34-47)52-39-53(41-54(40-52)60-33-30-51(38-57(60)44-78)63-21-11-24-69-66-18-3-6-27-72(66)81-75(63)69)46-13-8-15-48(35-46)59-32-29-50(37-56(59)43-77)62-20-10-23-68-65-17-2-5-26-71(65)80-74(62)68/h1-41H. The van der Waals surface area contributed by atoms with Gasteiger partial charge in [0.2, 0.25) is 0 Å². The maximum Gasteiger partial charge on any atom is 0.0998 e. The lowest BCUT2D eigenvalue weighted by atomic mass is 9.88. The summed E-state index contributed by atoms with van der Waals surface area (Å²) in [6.45, 7) is 0. The lowest BCUT2D eigenvalue weighted by Gasteiger charge is -2.15. The van der Waals surface area contributed by atoms with Crippen LogP contribution in [-0.2, 0) is 0 Å². The lowest BCUT2D eigenvalue weighted by Crippen LogP contribution is -1.92. The first-order valence-electron chi connectivity index (χ1n) is 26.7. The van der Waals surface area contributed by atoms with Crippen LogP contribution in [0.3, 0.4) is 0 Å². The molecule has 15 rings (SSSR count). The summed E-state index contributed by atoms with van der Waals surface area (Å²) in [5.74, 6) is 0. The molecule has 0 bridgehead atoms. The van der Waals surface area contributed by atoms with Gasteiger partial charge < -0.3 is 0 Å². The molecule has 0 aliphatic rings. The highest BCUT2D eigenvalue weighted by atomic mass is 32.1. The molecule has 0 unspecified atom stereocenters. The Hall–Kier alpha value is -10.2. The molecule has 0 atom stereocenters. The van der Waals surface area contributed by atoms with Gasteiger partial charge in [0.15, 0.2) is 0 Å². The number of hydrogen-bond acceptors (Lipinski definition) is 6. The minimum Gasteiger partial charge on any atom is -0.192 e. The van der Waals surface area contributed by atoms with Gasteiger partial charge in [-0.05, 0) is 156 Å². The summed E-state index contributed by atoms with van der Waals surface area (Å²) in [6.07, 6.45) is 0. The van der Waals surface area contributed by atoms with Gasteiger partial charge in [-0.3, -0.25) is 0 Å². The molecule has 0 N–H and O–H groups in total. The summed E-state index contributed by atoms with van der Waals surface area (Å²) < 4.78 is 7.34. The van der Waals surface area contributed by atoms with E-state index >= 15 is 0 Å². The van der Waals surface area contributed by atoms with Crippen LogP contribution in [0.1, 0.15) is 16.7 Å². The molecule has 0 amide bonds. The Bertz CT molecular complexity index is 5010. The van der Waals surface area contributed by atoms with E-state index in [-0.39, 0.29) is 0 Å². The van der Waals surface area contributed by atoms with E-state index in [2.05, 4.69) is 249 Å². The first-order valence-corrected chi connectivity index (χ1v) is 29.1.